The average molecular weight is 285 g/mol. The highest BCUT2D eigenvalue weighted by atomic mass is 32.2. The van der Waals surface area contributed by atoms with Gasteiger partial charge in [-0.2, -0.15) is 0 Å². The fourth-order valence-corrected chi connectivity index (χ4v) is 3.13. The lowest BCUT2D eigenvalue weighted by Crippen LogP contribution is -2.33. The van der Waals surface area contributed by atoms with E-state index in [1.165, 1.54) is 24.6 Å². The van der Waals surface area contributed by atoms with Crippen LogP contribution in [0.2, 0.25) is 0 Å². The first-order valence-electron chi connectivity index (χ1n) is 6.99. The van der Waals surface area contributed by atoms with Crippen molar-refractivity contribution in [1.82, 2.24) is 25.5 Å². The van der Waals surface area contributed by atoms with E-state index in [2.05, 4.69) is 34.7 Å². The molecule has 1 aromatic rings. The lowest BCUT2D eigenvalue weighted by molar-refractivity contribution is 0.192. The standard InChI is InChI=1S/C12H23N5OS/c1-9(2)13-7-11(18)8-19-12-14-15-16-17(12)10-5-3-4-6-10/h9-11,13,18H,3-8H2,1-2H3. The van der Waals surface area contributed by atoms with Crippen molar-refractivity contribution in [2.75, 3.05) is 12.3 Å². The monoisotopic (exact) mass is 285 g/mol. The summed E-state index contributed by atoms with van der Waals surface area (Å²) in [6, 6.07) is 0.840. The van der Waals surface area contributed by atoms with Crippen LogP contribution in [0.3, 0.4) is 0 Å². The second kappa shape index (κ2) is 7.21. The number of hydrogen-bond acceptors (Lipinski definition) is 6. The third-order valence-electron chi connectivity index (χ3n) is 3.30. The number of tetrazole rings is 1. The number of aromatic nitrogens is 4. The highest BCUT2D eigenvalue weighted by molar-refractivity contribution is 7.99. The maximum atomic E-state index is 9.89. The van der Waals surface area contributed by atoms with Crippen molar-refractivity contribution in [3.63, 3.8) is 0 Å². The highest BCUT2D eigenvalue weighted by Gasteiger charge is 2.22. The van der Waals surface area contributed by atoms with Crippen LogP contribution in [0.5, 0.6) is 0 Å². The molecule has 1 fully saturated rings. The third-order valence-corrected chi connectivity index (χ3v) is 4.38. The number of hydrogen-bond donors (Lipinski definition) is 2. The van der Waals surface area contributed by atoms with Crippen LogP contribution in [0.4, 0.5) is 0 Å². The molecule has 108 valence electrons. The summed E-state index contributed by atoms with van der Waals surface area (Å²) in [6.45, 7) is 4.75. The van der Waals surface area contributed by atoms with Gasteiger partial charge in [-0.15, -0.1) is 5.10 Å². The molecule has 0 aromatic carbocycles. The minimum Gasteiger partial charge on any atom is -0.391 e. The average Bonchev–Trinajstić information content (AvgIpc) is 3.03. The smallest absolute Gasteiger partial charge is 0.209 e. The molecule has 1 aliphatic carbocycles. The molecule has 7 heteroatoms. The van der Waals surface area contributed by atoms with E-state index >= 15 is 0 Å². The molecule has 6 nitrogen and oxygen atoms in total. The second-order valence-corrected chi connectivity index (χ2v) is 6.36. The third kappa shape index (κ3) is 4.43. The molecule has 0 bridgehead atoms. The largest absolute Gasteiger partial charge is 0.391 e. The topological polar surface area (TPSA) is 75.9 Å². The maximum absolute atomic E-state index is 9.89. The molecule has 2 rings (SSSR count). The lowest BCUT2D eigenvalue weighted by atomic mass is 10.3. The summed E-state index contributed by atoms with van der Waals surface area (Å²) in [7, 11) is 0. The van der Waals surface area contributed by atoms with Gasteiger partial charge in [-0.3, -0.25) is 0 Å². The van der Waals surface area contributed by atoms with Crippen LogP contribution < -0.4 is 5.32 Å². The number of rotatable bonds is 7. The van der Waals surface area contributed by atoms with Crippen molar-refractivity contribution in [1.29, 1.82) is 0 Å². The number of nitrogens with zero attached hydrogens (tertiary/aromatic N) is 4. The van der Waals surface area contributed by atoms with Gasteiger partial charge in [-0.05, 0) is 23.3 Å². The molecule has 0 saturated heterocycles. The van der Waals surface area contributed by atoms with Crippen LogP contribution >= 0.6 is 11.8 Å². The Morgan fingerprint density at radius 2 is 2.16 bits per heavy atom. The summed E-state index contributed by atoms with van der Waals surface area (Å²) >= 11 is 1.54. The van der Waals surface area contributed by atoms with Gasteiger partial charge in [0.25, 0.3) is 0 Å². The molecule has 2 N–H and O–H groups in total. The maximum Gasteiger partial charge on any atom is 0.209 e. The van der Waals surface area contributed by atoms with Gasteiger partial charge in [0.15, 0.2) is 0 Å². The van der Waals surface area contributed by atoms with Gasteiger partial charge in [0.1, 0.15) is 0 Å². The molecule has 0 amide bonds. The van der Waals surface area contributed by atoms with Gasteiger partial charge in [0.05, 0.1) is 12.1 Å². The SMILES string of the molecule is CC(C)NCC(O)CSc1nnnn1C1CCCC1. The molecule has 1 unspecified atom stereocenters. The van der Waals surface area contributed by atoms with E-state index in [4.69, 9.17) is 0 Å². The summed E-state index contributed by atoms with van der Waals surface area (Å²) in [5.74, 6) is 0.618. The predicted molar refractivity (Wildman–Crippen MR) is 75.2 cm³/mol. The van der Waals surface area contributed by atoms with Gasteiger partial charge in [0.2, 0.25) is 5.16 Å². The first kappa shape index (κ1) is 14.7. The minimum absolute atomic E-state index is 0.374. The zero-order valence-electron chi connectivity index (χ0n) is 11.6. The first-order valence-corrected chi connectivity index (χ1v) is 7.97. The number of nitrogens with one attached hydrogen (secondary N) is 1. The Balaban J connectivity index is 1.81. The van der Waals surface area contributed by atoms with Gasteiger partial charge in [0, 0.05) is 18.3 Å². The number of thioether (sulfide) groups is 1. The molecular weight excluding hydrogens is 262 g/mol. The minimum atomic E-state index is -0.374. The van der Waals surface area contributed by atoms with Crippen LogP contribution in [0.15, 0.2) is 5.16 Å². The second-order valence-electron chi connectivity index (χ2n) is 5.37. The molecule has 1 saturated carbocycles. The van der Waals surface area contributed by atoms with E-state index in [0.29, 0.717) is 24.4 Å². The summed E-state index contributed by atoms with van der Waals surface area (Å²) < 4.78 is 1.93. The number of aliphatic hydroxyl groups is 1. The Morgan fingerprint density at radius 3 is 2.84 bits per heavy atom. The van der Waals surface area contributed by atoms with Crippen LogP contribution in [0.1, 0.15) is 45.6 Å². The Labute approximate surface area is 118 Å². The molecule has 1 heterocycles. The Hall–Kier alpha value is -0.660. The Bertz CT molecular complexity index is 378. The van der Waals surface area contributed by atoms with E-state index in [0.717, 1.165) is 18.0 Å². The van der Waals surface area contributed by atoms with Crippen molar-refractivity contribution in [2.24, 2.45) is 0 Å². The zero-order valence-corrected chi connectivity index (χ0v) is 12.4. The Morgan fingerprint density at radius 1 is 1.42 bits per heavy atom. The molecule has 1 aromatic heterocycles. The van der Waals surface area contributed by atoms with E-state index in [-0.39, 0.29) is 6.10 Å². The van der Waals surface area contributed by atoms with Gasteiger partial charge < -0.3 is 10.4 Å². The lowest BCUT2D eigenvalue weighted by Gasteiger charge is -2.14. The summed E-state index contributed by atoms with van der Waals surface area (Å²) in [6.07, 6.45) is 4.47. The van der Waals surface area contributed by atoms with Gasteiger partial charge >= 0.3 is 0 Å². The molecule has 0 aliphatic heterocycles. The molecule has 1 atom stereocenters. The summed E-state index contributed by atoms with van der Waals surface area (Å²) in [5.41, 5.74) is 0. The summed E-state index contributed by atoms with van der Waals surface area (Å²) in [5, 5.41) is 25.9. The van der Waals surface area contributed by atoms with Crippen molar-refractivity contribution in [2.45, 2.75) is 62.9 Å². The molecule has 0 radical (unpaired) electrons. The Kier molecular flexibility index (Phi) is 5.59. The highest BCUT2D eigenvalue weighted by Crippen LogP contribution is 2.31. The van der Waals surface area contributed by atoms with Crippen LogP contribution in [-0.4, -0.2) is 49.8 Å². The van der Waals surface area contributed by atoms with Crippen molar-refractivity contribution >= 4 is 11.8 Å². The quantitative estimate of drug-likeness (QED) is 0.734. The van der Waals surface area contributed by atoms with E-state index < -0.39 is 0 Å². The number of aliphatic hydroxyl groups excluding tert-OH is 1. The van der Waals surface area contributed by atoms with E-state index in [1.807, 2.05) is 4.68 Å². The molecule has 0 spiro atoms. The molecule has 1 aliphatic rings. The molecular formula is C12H23N5OS. The summed E-state index contributed by atoms with van der Waals surface area (Å²) in [4.78, 5) is 0. The zero-order chi connectivity index (χ0) is 13.7. The van der Waals surface area contributed by atoms with E-state index in [1.54, 1.807) is 0 Å². The normalized spacial score (nSPS) is 18.3. The van der Waals surface area contributed by atoms with Crippen LogP contribution in [-0.2, 0) is 0 Å². The fourth-order valence-electron chi connectivity index (χ4n) is 2.26. The first-order chi connectivity index (χ1) is 9.16. The predicted octanol–water partition coefficient (Wildman–Crippen LogP) is 1.24. The van der Waals surface area contributed by atoms with Gasteiger partial charge in [-0.25, -0.2) is 4.68 Å². The van der Waals surface area contributed by atoms with Crippen molar-refractivity contribution in [3.8, 4) is 0 Å². The van der Waals surface area contributed by atoms with E-state index in [9.17, 15) is 5.11 Å². The fraction of sp³-hybridized carbons (Fsp3) is 0.917. The van der Waals surface area contributed by atoms with Gasteiger partial charge in [-0.1, -0.05) is 38.5 Å². The van der Waals surface area contributed by atoms with Crippen molar-refractivity contribution < 1.29 is 5.11 Å². The molecule has 19 heavy (non-hydrogen) atoms. The van der Waals surface area contributed by atoms with Crippen molar-refractivity contribution in [3.05, 3.63) is 0 Å². The van der Waals surface area contributed by atoms with Crippen LogP contribution in [0.25, 0.3) is 0 Å². The van der Waals surface area contributed by atoms with Crippen LogP contribution in [0, 0.1) is 0 Å².